The Balaban J connectivity index is 0.000000412. The number of carbonyl (C=O) groups is 3. The van der Waals surface area contributed by atoms with Crippen molar-refractivity contribution in [2.24, 2.45) is 4.99 Å². The van der Waals surface area contributed by atoms with E-state index >= 15 is 0 Å². The van der Waals surface area contributed by atoms with Gasteiger partial charge in [-0.2, -0.15) is 13.2 Å². The predicted octanol–water partition coefficient (Wildman–Crippen LogP) is -0.0996. The highest BCUT2D eigenvalue weighted by atomic mass is 19.4. The number of rotatable bonds is 4. The van der Waals surface area contributed by atoms with Gasteiger partial charge in [-0.05, 0) is 6.07 Å². The quantitative estimate of drug-likeness (QED) is 0.488. The molecule has 0 saturated carbocycles. The maximum Gasteiger partial charge on any atom is 0.490 e. The summed E-state index contributed by atoms with van der Waals surface area (Å²) in [5, 5.41) is 23.9. The van der Waals surface area contributed by atoms with Gasteiger partial charge in [-0.15, -0.1) is 0 Å². The SMILES string of the molecule is O=C(O)C(F)(F)F.O=C(O)CNC(=O)c1cncc(NC2=NCCN2)c1. The molecule has 2 rings (SSSR count). The molecule has 1 amide bonds. The number of aromatic nitrogens is 1. The van der Waals surface area contributed by atoms with Crippen LogP contribution in [0.15, 0.2) is 23.5 Å². The highest BCUT2D eigenvalue weighted by Crippen LogP contribution is 2.13. The lowest BCUT2D eigenvalue weighted by Crippen LogP contribution is -2.29. The number of hydrogen-bond acceptors (Lipinski definition) is 7. The van der Waals surface area contributed by atoms with E-state index in [-0.39, 0.29) is 5.56 Å². The van der Waals surface area contributed by atoms with Gasteiger partial charge in [0.05, 0.1) is 24.0 Å². The van der Waals surface area contributed by atoms with E-state index < -0.39 is 30.6 Å². The molecule has 0 unspecified atom stereocenters. The number of amides is 1. The van der Waals surface area contributed by atoms with E-state index in [1.165, 1.54) is 6.20 Å². The largest absolute Gasteiger partial charge is 0.490 e. The number of nitrogens with one attached hydrogen (secondary N) is 3. The van der Waals surface area contributed by atoms with E-state index in [4.69, 9.17) is 15.0 Å². The summed E-state index contributed by atoms with van der Waals surface area (Å²) in [7, 11) is 0. The van der Waals surface area contributed by atoms with Crippen LogP contribution in [0.2, 0.25) is 0 Å². The minimum Gasteiger partial charge on any atom is -0.480 e. The summed E-state index contributed by atoms with van der Waals surface area (Å²) in [6.45, 7) is 1.05. The van der Waals surface area contributed by atoms with Gasteiger partial charge in [-0.3, -0.25) is 19.6 Å². The molecule has 0 bridgehead atoms. The number of hydrogen-bond donors (Lipinski definition) is 5. The summed E-state index contributed by atoms with van der Waals surface area (Å²) in [6, 6.07) is 1.58. The minimum atomic E-state index is -5.08. The lowest BCUT2D eigenvalue weighted by Gasteiger charge is -2.07. The van der Waals surface area contributed by atoms with Gasteiger partial charge in [-0.1, -0.05) is 0 Å². The smallest absolute Gasteiger partial charge is 0.480 e. The number of aliphatic carboxylic acids is 2. The number of carboxylic acids is 2. The summed E-state index contributed by atoms with van der Waals surface area (Å²) in [5.41, 5.74) is 0.890. The number of halogens is 3. The van der Waals surface area contributed by atoms with Crippen LogP contribution in [0, 0.1) is 0 Å². The molecule has 1 aliphatic rings. The van der Waals surface area contributed by atoms with Crippen molar-refractivity contribution in [2.45, 2.75) is 6.18 Å². The molecule has 1 aromatic rings. The maximum absolute atomic E-state index is 11.7. The Labute approximate surface area is 144 Å². The van der Waals surface area contributed by atoms with Crippen molar-refractivity contribution >= 4 is 29.5 Å². The van der Waals surface area contributed by atoms with E-state index in [1.807, 2.05) is 0 Å². The van der Waals surface area contributed by atoms with Gasteiger partial charge in [0.1, 0.15) is 6.54 Å². The van der Waals surface area contributed by atoms with Crippen LogP contribution in [0.25, 0.3) is 0 Å². The third-order valence-electron chi connectivity index (χ3n) is 2.58. The van der Waals surface area contributed by atoms with Crippen LogP contribution in [-0.4, -0.2) is 64.8 Å². The molecule has 0 fully saturated rings. The van der Waals surface area contributed by atoms with E-state index in [2.05, 4.69) is 25.9 Å². The Morgan fingerprint density at radius 1 is 1.23 bits per heavy atom. The molecule has 142 valence electrons. The van der Waals surface area contributed by atoms with E-state index in [1.54, 1.807) is 12.3 Å². The van der Waals surface area contributed by atoms with Gasteiger partial charge < -0.3 is 26.2 Å². The fourth-order valence-electron chi connectivity index (χ4n) is 1.51. The molecule has 0 radical (unpaired) electrons. The average molecular weight is 377 g/mol. The molecule has 10 nitrogen and oxygen atoms in total. The molecule has 26 heavy (non-hydrogen) atoms. The number of nitrogens with zero attached hydrogens (tertiary/aromatic N) is 2. The van der Waals surface area contributed by atoms with Gasteiger partial charge in [0, 0.05) is 12.7 Å². The zero-order valence-electron chi connectivity index (χ0n) is 13.0. The molecule has 0 aromatic carbocycles. The summed E-state index contributed by atoms with van der Waals surface area (Å²) in [6.07, 6.45) is -2.16. The number of alkyl halides is 3. The normalized spacial score (nSPS) is 12.8. The second-order valence-electron chi connectivity index (χ2n) is 4.62. The molecule has 0 saturated heterocycles. The monoisotopic (exact) mass is 377 g/mol. The number of carboxylic acid groups (broad SMARTS) is 2. The van der Waals surface area contributed by atoms with Gasteiger partial charge in [0.15, 0.2) is 5.96 Å². The van der Waals surface area contributed by atoms with Crippen molar-refractivity contribution in [3.63, 3.8) is 0 Å². The second kappa shape index (κ2) is 9.19. The summed E-state index contributed by atoms with van der Waals surface area (Å²) in [5.74, 6) is -3.71. The first-order valence-corrected chi connectivity index (χ1v) is 6.90. The number of anilines is 1. The van der Waals surface area contributed by atoms with E-state index in [9.17, 15) is 22.8 Å². The number of carbonyl (C=O) groups excluding carboxylic acids is 1. The predicted molar refractivity (Wildman–Crippen MR) is 81.8 cm³/mol. The summed E-state index contributed by atoms with van der Waals surface area (Å²) >= 11 is 0. The Morgan fingerprint density at radius 3 is 2.38 bits per heavy atom. The highest BCUT2D eigenvalue weighted by Gasteiger charge is 2.38. The van der Waals surface area contributed by atoms with Crippen LogP contribution < -0.4 is 16.0 Å². The van der Waals surface area contributed by atoms with Crippen LogP contribution in [0.5, 0.6) is 0 Å². The molecule has 1 aromatic heterocycles. The van der Waals surface area contributed by atoms with Crippen molar-refractivity contribution in [3.8, 4) is 0 Å². The fourth-order valence-corrected chi connectivity index (χ4v) is 1.51. The molecule has 5 N–H and O–H groups in total. The molecule has 0 aliphatic carbocycles. The first-order valence-electron chi connectivity index (χ1n) is 6.90. The zero-order chi connectivity index (χ0) is 19.7. The first-order chi connectivity index (χ1) is 12.1. The molecule has 0 spiro atoms. The first kappa shape index (κ1) is 20.7. The Hall–Kier alpha value is -3.38. The van der Waals surface area contributed by atoms with Gasteiger partial charge >= 0.3 is 18.1 Å². The standard InChI is InChI=1S/C11H13N5O3.C2HF3O2/c17-9(18)6-15-10(19)7-3-8(5-12-4-7)16-11-13-1-2-14-11;3-2(4,5)1(6)7/h3-5H,1-2,6H2,(H,15,19)(H,17,18)(H2,13,14,16);(H,6,7). The van der Waals surface area contributed by atoms with E-state index in [0.717, 1.165) is 6.54 Å². The van der Waals surface area contributed by atoms with Gasteiger partial charge in [0.2, 0.25) is 0 Å². The summed E-state index contributed by atoms with van der Waals surface area (Å²) < 4.78 is 31.7. The molecule has 1 aliphatic heterocycles. The van der Waals surface area contributed by atoms with Crippen LogP contribution >= 0.6 is 0 Å². The summed E-state index contributed by atoms with van der Waals surface area (Å²) in [4.78, 5) is 39.0. The third kappa shape index (κ3) is 7.46. The molecular formula is C13H14F3N5O5. The maximum atomic E-state index is 11.7. The van der Waals surface area contributed by atoms with Crippen LogP contribution in [0.3, 0.4) is 0 Å². The zero-order valence-corrected chi connectivity index (χ0v) is 13.0. The number of guanidine groups is 1. The minimum absolute atomic E-state index is 0.282. The molecule has 13 heteroatoms. The molecular weight excluding hydrogens is 363 g/mol. The fraction of sp³-hybridized carbons (Fsp3) is 0.308. The number of aliphatic imine (C=N–C) groups is 1. The van der Waals surface area contributed by atoms with Crippen molar-refractivity contribution in [1.82, 2.24) is 15.6 Å². The molecule has 2 heterocycles. The highest BCUT2D eigenvalue weighted by molar-refractivity contribution is 5.98. The molecule has 0 atom stereocenters. The lowest BCUT2D eigenvalue weighted by molar-refractivity contribution is -0.192. The Bertz CT molecular complexity index is 708. The van der Waals surface area contributed by atoms with Crippen molar-refractivity contribution < 1.29 is 37.8 Å². The van der Waals surface area contributed by atoms with E-state index in [0.29, 0.717) is 18.2 Å². The van der Waals surface area contributed by atoms with Gasteiger partial charge in [0.25, 0.3) is 5.91 Å². The van der Waals surface area contributed by atoms with Crippen molar-refractivity contribution in [1.29, 1.82) is 0 Å². The van der Waals surface area contributed by atoms with Crippen LogP contribution in [-0.2, 0) is 9.59 Å². The number of pyridine rings is 1. The van der Waals surface area contributed by atoms with Crippen LogP contribution in [0.4, 0.5) is 18.9 Å². The third-order valence-corrected chi connectivity index (χ3v) is 2.58. The second-order valence-corrected chi connectivity index (χ2v) is 4.62. The van der Waals surface area contributed by atoms with Crippen LogP contribution in [0.1, 0.15) is 10.4 Å². The van der Waals surface area contributed by atoms with Crippen molar-refractivity contribution in [2.75, 3.05) is 25.0 Å². The van der Waals surface area contributed by atoms with Crippen molar-refractivity contribution in [3.05, 3.63) is 24.0 Å². The topological polar surface area (TPSA) is 153 Å². The average Bonchev–Trinajstić information content (AvgIpc) is 3.05. The Morgan fingerprint density at radius 2 is 1.88 bits per heavy atom. The Kier molecular flexibility index (Phi) is 7.31. The lowest BCUT2D eigenvalue weighted by atomic mass is 10.2. The van der Waals surface area contributed by atoms with Gasteiger partial charge in [-0.25, -0.2) is 4.79 Å².